The van der Waals surface area contributed by atoms with Crippen LogP contribution in [-0.4, -0.2) is 65.2 Å². The highest BCUT2D eigenvalue weighted by Crippen LogP contribution is 2.25. The number of ether oxygens (including phenoxy) is 1. The maximum atomic E-state index is 11.9. The molecule has 2 rings (SSSR count). The molecule has 116 valence electrons. The van der Waals surface area contributed by atoms with Crippen LogP contribution >= 0.6 is 0 Å². The van der Waals surface area contributed by atoms with Crippen molar-refractivity contribution >= 4 is 18.0 Å². The summed E-state index contributed by atoms with van der Waals surface area (Å²) in [6.45, 7) is 4.98. The Kier molecular flexibility index (Phi) is 4.82. The summed E-state index contributed by atoms with van der Waals surface area (Å²) >= 11 is 0. The molecule has 0 spiro atoms. The first-order valence-corrected chi connectivity index (χ1v) is 7.07. The van der Waals surface area contributed by atoms with Crippen molar-refractivity contribution < 1.29 is 24.2 Å². The molecule has 1 N–H and O–H groups in total. The summed E-state index contributed by atoms with van der Waals surface area (Å²) in [6, 6.07) is 0.0188. The number of carboxylic acid groups (broad SMARTS) is 1. The van der Waals surface area contributed by atoms with Crippen LogP contribution in [0.15, 0.2) is 12.7 Å². The van der Waals surface area contributed by atoms with Crippen LogP contribution in [0.25, 0.3) is 0 Å². The monoisotopic (exact) mass is 296 g/mol. The van der Waals surface area contributed by atoms with Crippen LogP contribution in [0.2, 0.25) is 0 Å². The van der Waals surface area contributed by atoms with E-state index in [1.165, 1.54) is 6.08 Å². The lowest BCUT2D eigenvalue weighted by Crippen LogP contribution is -2.47. The molecule has 2 aliphatic rings. The lowest BCUT2D eigenvalue weighted by atomic mass is 10.0. The standard InChI is InChI=1S/C14H20N2O5/c1-2-7-21-14(20)15-5-3-11(4-6-15)16-9-10(13(18)19)8-12(16)17/h2,10-11H,1,3-9H2,(H,18,19). The molecule has 2 saturated heterocycles. The van der Waals surface area contributed by atoms with Crippen LogP contribution < -0.4 is 0 Å². The highest BCUT2D eigenvalue weighted by molar-refractivity contribution is 5.86. The van der Waals surface area contributed by atoms with E-state index in [9.17, 15) is 14.4 Å². The highest BCUT2D eigenvalue weighted by Gasteiger charge is 2.39. The summed E-state index contributed by atoms with van der Waals surface area (Å²) in [5.41, 5.74) is 0. The molecule has 0 aliphatic carbocycles. The van der Waals surface area contributed by atoms with Gasteiger partial charge in [0, 0.05) is 32.1 Å². The highest BCUT2D eigenvalue weighted by atomic mass is 16.6. The molecule has 0 aromatic carbocycles. The first-order chi connectivity index (χ1) is 10.0. The molecular formula is C14H20N2O5. The molecule has 0 saturated carbocycles. The summed E-state index contributed by atoms with van der Waals surface area (Å²) < 4.78 is 4.97. The van der Waals surface area contributed by atoms with Gasteiger partial charge in [0.1, 0.15) is 6.61 Å². The maximum Gasteiger partial charge on any atom is 0.410 e. The Balaban J connectivity index is 1.84. The van der Waals surface area contributed by atoms with Crippen molar-refractivity contribution in [3.05, 3.63) is 12.7 Å². The lowest BCUT2D eigenvalue weighted by Gasteiger charge is -2.36. The number of carbonyl (C=O) groups is 3. The van der Waals surface area contributed by atoms with Gasteiger partial charge in [0.05, 0.1) is 5.92 Å². The van der Waals surface area contributed by atoms with Crippen LogP contribution in [0.1, 0.15) is 19.3 Å². The van der Waals surface area contributed by atoms with Crippen LogP contribution in [0.5, 0.6) is 0 Å². The fourth-order valence-electron chi connectivity index (χ4n) is 2.83. The van der Waals surface area contributed by atoms with Crippen molar-refractivity contribution in [3.8, 4) is 0 Å². The third-order valence-corrected chi connectivity index (χ3v) is 4.00. The van der Waals surface area contributed by atoms with Gasteiger partial charge in [-0.05, 0) is 12.8 Å². The molecule has 0 radical (unpaired) electrons. The van der Waals surface area contributed by atoms with E-state index in [4.69, 9.17) is 9.84 Å². The van der Waals surface area contributed by atoms with Crippen molar-refractivity contribution in [2.75, 3.05) is 26.2 Å². The van der Waals surface area contributed by atoms with E-state index in [1.54, 1.807) is 9.80 Å². The van der Waals surface area contributed by atoms with Gasteiger partial charge >= 0.3 is 12.1 Å². The van der Waals surface area contributed by atoms with Crippen LogP contribution in [0, 0.1) is 5.92 Å². The average Bonchev–Trinajstić information content (AvgIpc) is 2.87. The Bertz CT molecular complexity index is 443. The number of carbonyl (C=O) groups excluding carboxylic acids is 2. The Labute approximate surface area is 123 Å². The van der Waals surface area contributed by atoms with Crippen molar-refractivity contribution in [2.45, 2.75) is 25.3 Å². The van der Waals surface area contributed by atoms with Crippen molar-refractivity contribution in [1.82, 2.24) is 9.80 Å². The third-order valence-electron chi connectivity index (χ3n) is 4.00. The average molecular weight is 296 g/mol. The molecule has 1 unspecified atom stereocenters. The molecular weight excluding hydrogens is 276 g/mol. The third kappa shape index (κ3) is 3.53. The summed E-state index contributed by atoms with van der Waals surface area (Å²) in [6.07, 6.45) is 2.53. The minimum Gasteiger partial charge on any atom is -0.481 e. The van der Waals surface area contributed by atoms with Gasteiger partial charge < -0.3 is 19.6 Å². The fraction of sp³-hybridized carbons (Fsp3) is 0.643. The zero-order valence-corrected chi connectivity index (χ0v) is 11.9. The van der Waals surface area contributed by atoms with Gasteiger partial charge in [-0.15, -0.1) is 0 Å². The lowest BCUT2D eigenvalue weighted by molar-refractivity contribution is -0.141. The minimum atomic E-state index is -0.920. The zero-order valence-electron chi connectivity index (χ0n) is 11.9. The van der Waals surface area contributed by atoms with E-state index in [0.29, 0.717) is 25.9 Å². The van der Waals surface area contributed by atoms with Crippen LogP contribution in [0.3, 0.4) is 0 Å². The number of piperidine rings is 1. The second-order valence-corrected chi connectivity index (χ2v) is 5.37. The smallest absolute Gasteiger partial charge is 0.410 e. The normalized spacial score (nSPS) is 23.2. The Hall–Kier alpha value is -2.05. The predicted molar refractivity (Wildman–Crippen MR) is 73.6 cm³/mol. The van der Waals surface area contributed by atoms with Gasteiger partial charge in [-0.3, -0.25) is 9.59 Å². The van der Waals surface area contributed by atoms with E-state index in [-0.39, 0.29) is 37.6 Å². The molecule has 0 aromatic heterocycles. The number of carboxylic acids is 1. The quantitative estimate of drug-likeness (QED) is 0.772. The van der Waals surface area contributed by atoms with E-state index in [2.05, 4.69) is 6.58 Å². The number of hydrogen-bond acceptors (Lipinski definition) is 4. The van der Waals surface area contributed by atoms with E-state index in [1.807, 2.05) is 0 Å². The zero-order chi connectivity index (χ0) is 15.4. The second-order valence-electron chi connectivity index (χ2n) is 5.37. The molecule has 2 amide bonds. The number of nitrogens with zero attached hydrogens (tertiary/aromatic N) is 2. The van der Waals surface area contributed by atoms with Crippen molar-refractivity contribution in [3.63, 3.8) is 0 Å². The van der Waals surface area contributed by atoms with Gasteiger partial charge in [0.2, 0.25) is 5.91 Å². The summed E-state index contributed by atoms with van der Waals surface area (Å²) in [5.74, 6) is -1.63. The number of hydrogen-bond donors (Lipinski definition) is 1. The van der Waals surface area contributed by atoms with Gasteiger partial charge in [-0.1, -0.05) is 12.7 Å². The molecule has 2 aliphatic heterocycles. The molecule has 21 heavy (non-hydrogen) atoms. The van der Waals surface area contributed by atoms with E-state index in [0.717, 1.165) is 0 Å². The molecule has 7 heteroatoms. The first kappa shape index (κ1) is 15.3. The molecule has 0 bridgehead atoms. The molecule has 2 heterocycles. The number of aliphatic carboxylic acids is 1. The largest absolute Gasteiger partial charge is 0.481 e. The summed E-state index contributed by atoms with van der Waals surface area (Å²) in [7, 11) is 0. The molecule has 2 fully saturated rings. The number of amides is 2. The predicted octanol–water partition coefficient (Wildman–Crippen LogP) is 0.706. The summed E-state index contributed by atoms with van der Waals surface area (Å²) in [4.78, 5) is 37.8. The Morgan fingerprint density at radius 1 is 1.38 bits per heavy atom. The summed E-state index contributed by atoms with van der Waals surface area (Å²) in [5, 5.41) is 8.99. The first-order valence-electron chi connectivity index (χ1n) is 7.07. The number of likely N-dealkylation sites (tertiary alicyclic amines) is 2. The van der Waals surface area contributed by atoms with Gasteiger partial charge in [0.15, 0.2) is 0 Å². The van der Waals surface area contributed by atoms with Gasteiger partial charge in [-0.25, -0.2) is 4.79 Å². The van der Waals surface area contributed by atoms with Crippen LogP contribution in [-0.2, 0) is 14.3 Å². The second kappa shape index (κ2) is 6.60. The van der Waals surface area contributed by atoms with E-state index < -0.39 is 11.9 Å². The molecule has 7 nitrogen and oxygen atoms in total. The van der Waals surface area contributed by atoms with Gasteiger partial charge in [-0.2, -0.15) is 0 Å². The topological polar surface area (TPSA) is 87.2 Å². The van der Waals surface area contributed by atoms with Gasteiger partial charge in [0.25, 0.3) is 0 Å². The van der Waals surface area contributed by atoms with Crippen molar-refractivity contribution in [2.24, 2.45) is 5.92 Å². The maximum absolute atomic E-state index is 11.9. The Morgan fingerprint density at radius 2 is 2.05 bits per heavy atom. The number of rotatable bonds is 4. The Morgan fingerprint density at radius 3 is 2.57 bits per heavy atom. The van der Waals surface area contributed by atoms with Crippen molar-refractivity contribution in [1.29, 1.82) is 0 Å². The molecule has 0 aromatic rings. The molecule has 1 atom stereocenters. The van der Waals surface area contributed by atoms with Crippen LogP contribution in [0.4, 0.5) is 4.79 Å². The fourth-order valence-corrected chi connectivity index (χ4v) is 2.83. The minimum absolute atomic E-state index is 0.0188. The SMILES string of the molecule is C=CCOC(=O)N1CCC(N2CC(C(=O)O)CC2=O)CC1. The van der Waals surface area contributed by atoms with E-state index >= 15 is 0 Å².